The summed E-state index contributed by atoms with van der Waals surface area (Å²) in [5, 5.41) is 2.68. The zero-order valence-electron chi connectivity index (χ0n) is 23.0. The Kier molecular flexibility index (Phi) is 20.5. The normalized spacial score (nSPS) is 10.7. The van der Waals surface area contributed by atoms with Crippen LogP contribution < -0.4 is 10.1 Å². The number of hydrogen-bond acceptors (Lipinski definition) is 5. The maximum absolute atomic E-state index is 12.0. The predicted octanol–water partition coefficient (Wildman–Crippen LogP) is 9.81. The average Bonchev–Trinajstić information content (AvgIpc) is 2.86. The third kappa shape index (κ3) is 19.0. The fraction of sp³-hybridized carbons (Fsp3) is 0.733. The molecule has 0 radical (unpaired) electrons. The Labute approximate surface area is 219 Å². The van der Waals surface area contributed by atoms with Crippen LogP contribution in [0, 0.1) is 0 Å². The number of amides is 1. The smallest absolute Gasteiger partial charge is 0.449 e. The first-order valence-corrected chi connectivity index (χ1v) is 14.5. The maximum atomic E-state index is 12.0. The Morgan fingerprint density at radius 3 is 1.64 bits per heavy atom. The third-order valence-corrected chi connectivity index (χ3v) is 6.23. The Balaban J connectivity index is 2.08. The molecular weight excluding hydrogens is 454 g/mol. The number of anilines is 1. The lowest BCUT2D eigenvalue weighted by Gasteiger charge is -2.09. The number of carbonyl (C=O) groups excluding carboxylic acids is 2. The highest BCUT2D eigenvalue weighted by molar-refractivity contribution is 5.85. The van der Waals surface area contributed by atoms with E-state index < -0.39 is 12.2 Å². The molecule has 0 aliphatic rings. The molecule has 0 aliphatic heterocycles. The lowest BCUT2D eigenvalue weighted by atomic mass is 10.1. The van der Waals surface area contributed by atoms with Crippen molar-refractivity contribution in [3.63, 3.8) is 0 Å². The summed E-state index contributed by atoms with van der Waals surface area (Å²) >= 11 is 0. The van der Waals surface area contributed by atoms with Crippen LogP contribution in [0.5, 0.6) is 5.75 Å². The van der Waals surface area contributed by atoms with Gasteiger partial charge in [-0.3, -0.25) is 5.32 Å². The molecule has 36 heavy (non-hydrogen) atoms. The molecule has 0 heterocycles. The van der Waals surface area contributed by atoms with E-state index >= 15 is 0 Å². The van der Waals surface area contributed by atoms with Crippen LogP contribution in [0.2, 0.25) is 0 Å². The largest absolute Gasteiger partial charge is 0.513 e. The zero-order valence-corrected chi connectivity index (χ0v) is 23.0. The summed E-state index contributed by atoms with van der Waals surface area (Å²) in [5.41, 5.74) is 0.510. The predicted molar refractivity (Wildman–Crippen MR) is 148 cm³/mol. The summed E-state index contributed by atoms with van der Waals surface area (Å²) in [6.07, 6.45) is 20.6. The summed E-state index contributed by atoms with van der Waals surface area (Å²) < 4.78 is 15.7. The van der Waals surface area contributed by atoms with E-state index in [0.717, 1.165) is 25.7 Å². The lowest BCUT2D eigenvalue weighted by Crippen LogP contribution is -2.15. The molecule has 6 heteroatoms. The summed E-state index contributed by atoms with van der Waals surface area (Å²) in [4.78, 5) is 24.0. The van der Waals surface area contributed by atoms with Gasteiger partial charge in [-0.05, 0) is 25.0 Å². The fourth-order valence-corrected chi connectivity index (χ4v) is 4.06. The Morgan fingerprint density at radius 2 is 1.11 bits per heavy atom. The molecule has 0 aliphatic carbocycles. The van der Waals surface area contributed by atoms with Crippen LogP contribution >= 0.6 is 0 Å². The lowest BCUT2D eigenvalue weighted by molar-refractivity contribution is 0.0973. The van der Waals surface area contributed by atoms with E-state index in [-0.39, 0.29) is 0 Å². The number of hydrogen-bond donors (Lipinski definition) is 1. The SMILES string of the molecule is CCCCCCCCCCCOC(=O)Nc1cccc(OC(=O)OCCCCCCCCCCC)c1. The van der Waals surface area contributed by atoms with Gasteiger partial charge in [0.2, 0.25) is 0 Å². The highest BCUT2D eigenvalue weighted by atomic mass is 16.7. The number of benzene rings is 1. The van der Waals surface area contributed by atoms with Crippen molar-refractivity contribution >= 4 is 17.9 Å². The van der Waals surface area contributed by atoms with Gasteiger partial charge in [0.25, 0.3) is 0 Å². The van der Waals surface area contributed by atoms with Crippen LogP contribution in [-0.2, 0) is 9.47 Å². The van der Waals surface area contributed by atoms with Crippen molar-refractivity contribution in [2.24, 2.45) is 0 Å². The quantitative estimate of drug-likeness (QED) is 0.0964. The van der Waals surface area contributed by atoms with Gasteiger partial charge >= 0.3 is 12.2 Å². The summed E-state index contributed by atoms with van der Waals surface area (Å²) in [6, 6.07) is 6.66. The zero-order chi connectivity index (χ0) is 26.1. The van der Waals surface area contributed by atoms with Crippen molar-refractivity contribution in [2.45, 2.75) is 129 Å². The van der Waals surface area contributed by atoms with E-state index in [9.17, 15) is 9.59 Å². The second-order valence-corrected chi connectivity index (χ2v) is 9.65. The highest BCUT2D eigenvalue weighted by Gasteiger charge is 2.08. The van der Waals surface area contributed by atoms with Crippen molar-refractivity contribution in [2.75, 3.05) is 18.5 Å². The van der Waals surface area contributed by atoms with Crippen molar-refractivity contribution in [1.29, 1.82) is 0 Å². The van der Waals surface area contributed by atoms with Gasteiger partial charge < -0.3 is 14.2 Å². The topological polar surface area (TPSA) is 73.9 Å². The Bertz CT molecular complexity index is 626. The molecule has 1 rings (SSSR count). The third-order valence-electron chi connectivity index (χ3n) is 6.23. The Hall–Kier alpha value is -2.24. The number of nitrogens with one attached hydrogen (secondary N) is 1. The van der Waals surface area contributed by atoms with Crippen LogP contribution in [-0.4, -0.2) is 25.5 Å². The summed E-state index contributed by atoms with van der Waals surface area (Å²) in [6.45, 7) is 5.23. The summed E-state index contributed by atoms with van der Waals surface area (Å²) in [7, 11) is 0. The molecule has 6 nitrogen and oxygen atoms in total. The first-order chi connectivity index (χ1) is 17.7. The average molecular weight is 506 g/mol. The maximum Gasteiger partial charge on any atom is 0.513 e. The molecule has 206 valence electrons. The van der Waals surface area contributed by atoms with Gasteiger partial charge in [0.05, 0.1) is 13.2 Å². The number of ether oxygens (including phenoxy) is 3. The fourth-order valence-electron chi connectivity index (χ4n) is 4.06. The van der Waals surface area contributed by atoms with Gasteiger partial charge in [-0.1, -0.05) is 123 Å². The van der Waals surface area contributed by atoms with E-state index in [1.807, 2.05) is 0 Å². The first kappa shape index (κ1) is 31.8. The molecule has 0 atom stereocenters. The molecule has 0 saturated carbocycles. The van der Waals surface area contributed by atoms with E-state index in [4.69, 9.17) is 14.2 Å². The van der Waals surface area contributed by atoms with Crippen molar-refractivity contribution in [3.05, 3.63) is 24.3 Å². The van der Waals surface area contributed by atoms with E-state index in [1.54, 1.807) is 24.3 Å². The number of carbonyl (C=O) groups is 2. The molecule has 1 aromatic carbocycles. The van der Waals surface area contributed by atoms with Crippen LogP contribution in [0.25, 0.3) is 0 Å². The second-order valence-electron chi connectivity index (χ2n) is 9.65. The molecule has 0 aromatic heterocycles. The molecule has 1 amide bonds. The monoisotopic (exact) mass is 505 g/mol. The number of unbranched alkanes of at least 4 members (excludes halogenated alkanes) is 16. The van der Waals surface area contributed by atoms with Gasteiger partial charge in [0, 0.05) is 11.8 Å². The van der Waals surface area contributed by atoms with E-state index in [2.05, 4.69) is 19.2 Å². The second kappa shape index (κ2) is 23.2. The number of rotatable bonds is 22. The molecular formula is C30H51NO5. The van der Waals surface area contributed by atoms with Crippen LogP contribution in [0.3, 0.4) is 0 Å². The minimum Gasteiger partial charge on any atom is -0.449 e. The molecule has 0 spiro atoms. The first-order valence-electron chi connectivity index (χ1n) is 14.5. The molecule has 0 fully saturated rings. The molecule has 0 saturated heterocycles. The van der Waals surface area contributed by atoms with Crippen molar-refractivity contribution < 1.29 is 23.8 Å². The molecule has 0 bridgehead atoms. The van der Waals surface area contributed by atoms with E-state index in [1.165, 1.54) is 89.9 Å². The highest BCUT2D eigenvalue weighted by Crippen LogP contribution is 2.18. The van der Waals surface area contributed by atoms with Crippen LogP contribution in [0.15, 0.2) is 24.3 Å². The van der Waals surface area contributed by atoms with Crippen LogP contribution in [0.4, 0.5) is 15.3 Å². The minimum absolute atomic E-state index is 0.323. The molecule has 0 unspecified atom stereocenters. The summed E-state index contributed by atoms with van der Waals surface area (Å²) in [5.74, 6) is 0.323. The van der Waals surface area contributed by atoms with Gasteiger partial charge in [-0.2, -0.15) is 0 Å². The van der Waals surface area contributed by atoms with Crippen molar-refractivity contribution in [3.8, 4) is 5.75 Å². The standard InChI is InChI=1S/C30H51NO5/c1-3-5-7-9-11-13-15-17-19-24-34-29(32)31-27-22-21-23-28(26-27)36-30(33)35-25-20-18-16-14-12-10-8-6-4-2/h21-23,26H,3-20,24-25H2,1-2H3,(H,31,32). The molecule has 1 aromatic rings. The Morgan fingerprint density at radius 1 is 0.639 bits per heavy atom. The van der Waals surface area contributed by atoms with Crippen LogP contribution in [0.1, 0.15) is 129 Å². The van der Waals surface area contributed by atoms with E-state index in [0.29, 0.717) is 24.7 Å². The van der Waals surface area contributed by atoms with Gasteiger partial charge in [0.1, 0.15) is 5.75 Å². The van der Waals surface area contributed by atoms with Gasteiger partial charge in [-0.25, -0.2) is 9.59 Å². The van der Waals surface area contributed by atoms with Gasteiger partial charge in [-0.15, -0.1) is 0 Å². The van der Waals surface area contributed by atoms with Crippen molar-refractivity contribution in [1.82, 2.24) is 0 Å². The molecule has 1 N–H and O–H groups in total. The minimum atomic E-state index is -0.723. The van der Waals surface area contributed by atoms with Gasteiger partial charge in [0.15, 0.2) is 0 Å².